The normalized spacial score (nSPS) is 22.9. The number of benzene rings is 2. The second kappa shape index (κ2) is 10.3. The van der Waals surface area contributed by atoms with E-state index in [-0.39, 0.29) is 11.1 Å². The number of rotatable bonds is 4. The molecule has 1 heterocycles. The predicted octanol–water partition coefficient (Wildman–Crippen LogP) is 6.39. The summed E-state index contributed by atoms with van der Waals surface area (Å²) >= 11 is 0. The second-order valence-electron chi connectivity index (χ2n) is 9.92. The Kier molecular flexibility index (Phi) is 7.85. The fourth-order valence-electron chi connectivity index (χ4n) is 4.63. The molecule has 0 saturated carbocycles. The third-order valence-corrected chi connectivity index (χ3v) is 6.25. The molecule has 0 N–H and O–H groups in total. The summed E-state index contributed by atoms with van der Waals surface area (Å²) in [7, 11) is 0. The number of alkyl halides is 6. The van der Waals surface area contributed by atoms with Gasteiger partial charge in [-0.05, 0) is 38.5 Å². The average Bonchev–Trinajstić information content (AvgIpc) is 2.80. The highest BCUT2D eigenvalue weighted by molar-refractivity contribution is 5.89. The van der Waals surface area contributed by atoms with E-state index in [0.29, 0.717) is 4.90 Å². The summed E-state index contributed by atoms with van der Waals surface area (Å²) in [6.45, 7) is 0.935. The van der Waals surface area contributed by atoms with Crippen LogP contribution >= 0.6 is 0 Å². The number of amides is 1. The Morgan fingerprint density at radius 2 is 1.30 bits per heavy atom. The molecule has 0 bridgehead atoms. The van der Waals surface area contributed by atoms with Crippen LogP contribution in [-0.4, -0.2) is 54.6 Å². The van der Waals surface area contributed by atoms with Gasteiger partial charge in [0.15, 0.2) is 0 Å². The van der Waals surface area contributed by atoms with Crippen molar-refractivity contribution in [2.75, 3.05) is 19.7 Å². The molecule has 2 aromatic carbocycles. The molecular weight excluding hydrogens is 504 g/mol. The zero-order chi connectivity index (χ0) is 27.6. The minimum Gasteiger partial charge on any atom is -0.461 e. The van der Waals surface area contributed by atoms with Crippen LogP contribution in [0.1, 0.15) is 36.7 Å². The lowest BCUT2D eigenvalue weighted by atomic mass is 9.59. The summed E-state index contributed by atoms with van der Waals surface area (Å²) in [5.74, 6) is -6.51. The molecule has 0 aromatic heterocycles. The van der Waals surface area contributed by atoms with Crippen molar-refractivity contribution < 1.29 is 45.4 Å². The smallest absolute Gasteiger partial charge is 0.410 e. The van der Waals surface area contributed by atoms with E-state index in [1.165, 1.54) is 63.2 Å². The van der Waals surface area contributed by atoms with Crippen molar-refractivity contribution in [1.29, 1.82) is 0 Å². The lowest BCUT2D eigenvalue weighted by Crippen LogP contribution is -2.66. The quantitative estimate of drug-likeness (QED) is 0.339. The Hall–Kier alpha value is -3.24. The van der Waals surface area contributed by atoms with Crippen LogP contribution in [0.4, 0.5) is 31.1 Å². The highest BCUT2D eigenvalue weighted by Gasteiger charge is 2.68. The fraction of sp³-hybridized carbons (Fsp3) is 0.462. The third-order valence-electron chi connectivity index (χ3n) is 6.25. The largest absolute Gasteiger partial charge is 0.461 e. The van der Waals surface area contributed by atoms with E-state index in [1.807, 2.05) is 0 Å². The first kappa shape index (κ1) is 28.3. The van der Waals surface area contributed by atoms with E-state index in [1.54, 1.807) is 6.07 Å². The standard InChI is InChI=1S/C26H27F6NO4/c1-23(2,3)37-22(35)33-14-19(25(27,28)29)24(18-12-8-5-9-13-18,20(15-33)26(30,31)32)16-36-21(34)17-10-6-4-7-11-17/h4-13,19-20H,14-16H2,1-3H3. The van der Waals surface area contributed by atoms with Gasteiger partial charge in [-0.25, -0.2) is 9.59 Å². The molecule has 5 nitrogen and oxygen atoms in total. The van der Waals surface area contributed by atoms with Crippen LogP contribution in [0.2, 0.25) is 0 Å². The summed E-state index contributed by atoms with van der Waals surface area (Å²) in [6.07, 6.45) is -11.7. The van der Waals surface area contributed by atoms with Crippen molar-refractivity contribution in [3.05, 3.63) is 71.8 Å². The highest BCUT2D eigenvalue weighted by Crippen LogP contribution is 2.55. The van der Waals surface area contributed by atoms with Crippen molar-refractivity contribution in [2.45, 2.75) is 44.1 Å². The van der Waals surface area contributed by atoms with Crippen LogP contribution in [0, 0.1) is 11.8 Å². The molecule has 1 amide bonds. The van der Waals surface area contributed by atoms with E-state index in [4.69, 9.17) is 9.47 Å². The van der Waals surface area contributed by atoms with E-state index in [0.717, 1.165) is 12.1 Å². The second-order valence-corrected chi connectivity index (χ2v) is 9.92. The number of ether oxygens (including phenoxy) is 2. The van der Waals surface area contributed by atoms with Crippen LogP contribution in [0.3, 0.4) is 0 Å². The maximum Gasteiger partial charge on any atom is 0.410 e. The van der Waals surface area contributed by atoms with Crippen molar-refractivity contribution in [1.82, 2.24) is 4.90 Å². The average molecular weight is 531 g/mol. The van der Waals surface area contributed by atoms with Gasteiger partial charge < -0.3 is 14.4 Å². The van der Waals surface area contributed by atoms with Gasteiger partial charge in [-0.1, -0.05) is 48.5 Å². The monoisotopic (exact) mass is 531 g/mol. The van der Waals surface area contributed by atoms with Crippen molar-refractivity contribution >= 4 is 12.1 Å². The number of esters is 1. The fourth-order valence-corrected chi connectivity index (χ4v) is 4.63. The van der Waals surface area contributed by atoms with Crippen molar-refractivity contribution in [3.8, 4) is 0 Å². The lowest BCUT2D eigenvalue weighted by Gasteiger charge is -2.53. The molecule has 0 aliphatic carbocycles. The number of nitrogens with zero attached hydrogens (tertiary/aromatic N) is 1. The molecule has 1 fully saturated rings. The number of hydrogen-bond acceptors (Lipinski definition) is 4. The third kappa shape index (κ3) is 6.37. The van der Waals surface area contributed by atoms with E-state index < -0.39 is 67.0 Å². The lowest BCUT2D eigenvalue weighted by molar-refractivity contribution is -0.267. The highest BCUT2D eigenvalue weighted by atomic mass is 19.4. The SMILES string of the molecule is CC(C)(C)OC(=O)N1CC(C(F)(F)F)C(COC(=O)c2ccccc2)(c2ccccc2)C(C(F)(F)F)C1. The molecule has 1 aliphatic rings. The van der Waals surface area contributed by atoms with Gasteiger partial charge >= 0.3 is 24.4 Å². The summed E-state index contributed by atoms with van der Waals surface area (Å²) in [5, 5.41) is 0. The minimum atomic E-state index is -5.20. The maximum atomic E-state index is 14.6. The topological polar surface area (TPSA) is 55.8 Å². The van der Waals surface area contributed by atoms with Crippen LogP contribution in [0.5, 0.6) is 0 Å². The Morgan fingerprint density at radius 3 is 1.73 bits per heavy atom. The van der Waals surface area contributed by atoms with E-state index >= 15 is 0 Å². The molecule has 3 rings (SSSR count). The molecule has 1 aliphatic heterocycles. The zero-order valence-electron chi connectivity index (χ0n) is 20.4. The van der Waals surface area contributed by atoms with Gasteiger partial charge in [0.1, 0.15) is 12.2 Å². The van der Waals surface area contributed by atoms with Crippen LogP contribution < -0.4 is 0 Å². The van der Waals surface area contributed by atoms with Gasteiger partial charge in [-0.2, -0.15) is 26.3 Å². The summed E-state index contributed by atoms with van der Waals surface area (Å²) < 4.78 is 98.0. The summed E-state index contributed by atoms with van der Waals surface area (Å²) in [5.41, 5.74) is -4.23. The number of piperidine rings is 1. The Balaban J connectivity index is 2.15. The molecule has 2 aromatic rings. The van der Waals surface area contributed by atoms with Crippen LogP contribution in [0.25, 0.3) is 0 Å². The molecule has 0 spiro atoms. The molecule has 2 unspecified atom stereocenters. The minimum absolute atomic E-state index is 0.0241. The van der Waals surface area contributed by atoms with Crippen LogP contribution in [-0.2, 0) is 14.9 Å². The van der Waals surface area contributed by atoms with Crippen molar-refractivity contribution in [3.63, 3.8) is 0 Å². The van der Waals surface area contributed by atoms with Gasteiger partial charge in [0.05, 0.1) is 22.8 Å². The molecule has 202 valence electrons. The van der Waals surface area contributed by atoms with Crippen LogP contribution in [0.15, 0.2) is 60.7 Å². The molecule has 1 saturated heterocycles. The number of hydrogen-bond donors (Lipinski definition) is 0. The van der Waals surface area contributed by atoms with Gasteiger partial charge in [0, 0.05) is 13.1 Å². The Labute approximate surface area is 210 Å². The summed E-state index contributed by atoms with van der Waals surface area (Å²) in [6, 6.07) is 13.6. The number of halogens is 6. The predicted molar refractivity (Wildman–Crippen MR) is 122 cm³/mol. The van der Waals surface area contributed by atoms with E-state index in [2.05, 4.69) is 0 Å². The first-order valence-corrected chi connectivity index (χ1v) is 11.4. The zero-order valence-corrected chi connectivity index (χ0v) is 20.4. The van der Waals surface area contributed by atoms with Gasteiger partial charge in [0.25, 0.3) is 0 Å². The number of carbonyl (C=O) groups excluding carboxylic acids is 2. The van der Waals surface area contributed by atoms with Crippen molar-refractivity contribution in [2.24, 2.45) is 11.8 Å². The first-order chi connectivity index (χ1) is 17.1. The number of likely N-dealkylation sites (tertiary alicyclic amines) is 1. The van der Waals surface area contributed by atoms with Gasteiger partial charge in [-0.3, -0.25) is 0 Å². The number of carbonyl (C=O) groups is 2. The Bertz CT molecular complexity index is 1060. The maximum absolute atomic E-state index is 14.6. The van der Waals surface area contributed by atoms with Gasteiger partial charge in [0.2, 0.25) is 0 Å². The first-order valence-electron chi connectivity index (χ1n) is 11.4. The molecule has 2 atom stereocenters. The molecule has 0 radical (unpaired) electrons. The van der Waals surface area contributed by atoms with E-state index in [9.17, 15) is 35.9 Å². The molecule has 37 heavy (non-hydrogen) atoms. The molecule has 11 heteroatoms. The molecular formula is C26H27F6NO4. The van der Waals surface area contributed by atoms with Gasteiger partial charge in [-0.15, -0.1) is 0 Å². The summed E-state index contributed by atoms with van der Waals surface area (Å²) in [4.78, 5) is 25.7. The Morgan fingerprint density at radius 1 is 0.838 bits per heavy atom.